The molecule has 2 heterocycles. The molecule has 0 bridgehead atoms. The molecule has 8 nitrogen and oxygen atoms in total. The zero-order chi connectivity index (χ0) is 21.3. The summed E-state index contributed by atoms with van der Waals surface area (Å²) in [5, 5.41) is 18.4. The van der Waals surface area contributed by atoms with Crippen molar-refractivity contribution in [3.8, 4) is 0 Å². The summed E-state index contributed by atoms with van der Waals surface area (Å²) in [6, 6.07) is 3.53. The van der Waals surface area contributed by atoms with Crippen LogP contribution in [0.25, 0.3) is 0 Å². The maximum absolute atomic E-state index is 12.6. The number of hydrogen-bond donors (Lipinski definition) is 1. The van der Waals surface area contributed by atoms with E-state index in [0.29, 0.717) is 28.5 Å². The molecule has 1 aliphatic carbocycles. The monoisotopic (exact) mass is 402 g/mol. The van der Waals surface area contributed by atoms with E-state index in [1.165, 1.54) is 4.68 Å². The molecule has 1 aliphatic rings. The quantitative estimate of drug-likeness (QED) is 0.590. The Morgan fingerprint density at radius 1 is 1.28 bits per heavy atom. The number of carbonyl (C=O) groups excluding carboxylic acids is 1. The van der Waals surface area contributed by atoms with E-state index in [4.69, 9.17) is 4.42 Å². The lowest BCUT2D eigenvalue weighted by Gasteiger charge is -2.37. The van der Waals surface area contributed by atoms with Gasteiger partial charge in [-0.15, -0.1) is 0 Å². The molecule has 2 aromatic heterocycles. The zero-order valence-electron chi connectivity index (χ0n) is 17.8. The summed E-state index contributed by atoms with van der Waals surface area (Å²) in [7, 11) is 0. The summed E-state index contributed by atoms with van der Waals surface area (Å²) in [6.07, 6.45) is 4.20. The van der Waals surface area contributed by atoms with Gasteiger partial charge in [-0.25, -0.2) is 0 Å². The fourth-order valence-corrected chi connectivity index (χ4v) is 4.20. The molecule has 0 unspecified atom stereocenters. The Kier molecular flexibility index (Phi) is 5.82. The van der Waals surface area contributed by atoms with Crippen LogP contribution in [0.1, 0.15) is 74.2 Å². The summed E-state index contributed by atoms with van der Waals surface area (Å²) in [5.74, 6) is 1.27. The molecule has 0 radical (unpaired) electrons. The highest BCUT2D eigenvalue weighted by Gasteiger charge is 2.30. The Labute approximate surface area is 170 Å². The van der Waals surface area contributed by atoms with Crippen LogP contribution in [0.5, 0.6) is 0 Å². The van der Waals surface area contributed by atoms with Crippen LogP contribution in [0.4, 0.5) is 5.69 Å². The molecule has 0 atom stereocenters. The third kappa shape index (κ3) is 4.68. The fraction of sp³-hybridized carbons (Fsp3) is 0.619. The second-order valence-corrected chi connectivity index (χ2v) is 9.09. The van der Waals surface area contributed by atoms with E-state index < -0.39 is 4.92 Å². The predicted molar refractivity (Wildman–Crippen MR) is 109 cm³/mol. The first-order valence-corrected chi connectivity index (χ1v) is 10.1. The molecule has 1 amide bonds. The molecule has 1 saturated carbocycles. The van der Waals surface area contributed by atoms with E-state index in [1.807, 2.05) is 0 Å². The van der Waals surface area contributed by atoms with Gasteiger partial charge in [0.15, 0.2) is 5.76 Å². The van der Waals surface area contributed by atoms with Crippen molar-refractivity contribution in [1.82, 2.24) is 15.1 Å². The highest BCUT2D eigenvalue weighted by Crippen LogP contribution is 2.37. The minimum atomic E-state index is -0.427. The van der Waals surface area contributed by atoms with Gasteiger partial charge in [-0.2, -0.15) is 5.10 Å². The highest BCUT2D eigenvalue weighted by atomic mass is 16.6. The van der Waals surface area contributed by atoms with E-state index in [-0.39, 0.29) is 29.9 Å². The third-order valence-electron chi connectivity index (χ3n) is 6.00. The Morgan fingerprint density at radius 3 is 2.48 bits per heavy atom. The van der Waals surface area contributed by atoms with Gasteiger partial charge in [0.2, 0.25) is 0 Å². The summed E-state index contributed by atoms with van der Waals surface area (Å²) in [5.41, 5.74) is 1.15. The van der Waals surface area contributed by atoms with Crippen LogP contribution in [-0.2, 0) is 6.54 Å². The molecule has 0 saturated heterocycles. The lowest BCUT2D eigenvalue weighted by molar-refractivity contribution is -0.386. The molecule has 1 N–H and O–H groups in total. The third-order valence-corrected chi connectivity index (χ3v) is 6.00. The standard InChI is InChI=1S/C21H30N4O4/c1-13-19(25(27)28)14(2)24(23-13)12-17-10-11-18(29-17)20(26)22-16-8-6-15(7-9-16)21(3,4)5/h10-11,15-16H,6-9,12H2,1-5H3,(H,22,26). The van der Waals surface area contributed by atoms with Crippen molar-refractivity contribution in [2.45, 2.75) is 72.9 Å². The van der Waals surface area contributed by atoms with Gasteiger partial charge < -0.3 is 9.73 Å². The van der Waals surface area contributed by atoms with E-state index in [1.54, 1.807) is 26.0 Å². The Morgan fingerprint density at radius 2 is 1.93 bits per heavy atom. The van der Waals surface area contributed by atoms with Gasteiger partial charge >= 0.3 is 5.69 Å². The summed E-state index contributed by atoms with van der Waals surface area (Å²) < 4.78 is 7.22. The predicted octanol–water partition coefficient (Wildman–Crippen LogP) is 4.38. The first-order valence-electron chi connectivity index (χ1n) is 10.1. The molecular formula is C21H30N4O4. The number of aryl methyl sites for hydroxylation is 1. The molecule has 1 fully saturated rings. The average Bonchev–Trinajstić information content (AvgIpc) is 3.19. The van der Waals surface area contributed by atoms with Crippen molar-refractivity contribution in [2.24, 2.45) is 11.3 Å². The Balaban J connectivity index is 1.60. The Bertz CT molecular complexity index is 898. The molecule has 29 heavy (non-hydrogen) atoms. The molecule has 158 valence electrons. The first kappa shape index (κ1) is 21.1. The number of aromatic nitrogens is 2. The smallest absolute Gasteiger partial charge is 0.312 e. The van der Waals surface area contributed by atoms with Crippen LogP contribution in [-0.4, -0.2) is 26.7 Å². The number of nitrogens with zero attached hydrogens (tertiary/aromatic N) is 3. The maximum atomic E-state index is 12.6. The number of rotatable bonds is 5. The lowest BCUT2D eigenvalue weighted by Crippen LogP contribution is -2.39. The van der Waals surface area contributed by atoms with Gasteiger partial charge in [0, 0.05) is 6.04 Å². The number of nitro groups is 1. The summed E-state index contributed by atoms with van der Waals surface area (Å²) in [4.78, 5) is 23.3. The van der Waals surface area contributed by atoms with Gasteiger partial charge in [-0.1, -0.05) is 20.8 Å². The molecule has 8 heteroatoms. The number of furan rings is 1. The van der Waals surface area contributed by atoms with Crippen molar-refractivity contribution in [1.29, 1.82) is 0 Å². The van der Waals surface area contributed by atoms with Gasteiger partial charge in [-0.3, -0.25) is 19.6 Å². The molecule has 3 rings (SSSR count). The van der Waals surface area contributed by atoms with Crippen LogP contribution in [0.2, 0.25) is 0 Å². The van der Waals surface area contributed by atoms with Crippen LogP contribution in [0, 0.1) is 35.3 Å². The summed E-state index contributed by atoms with van der Waals surface area (Å²) in [6.45, 7) is 10.3. The van der Waals surface area contributed by atoms with E-state index >= 15 is 0 Å². The fourth-order valence-electron chi connectivity index (χ4n) is 4.20. The van der Waals surface area contributed by atoms with Gasteiger partial charge in [-0.05, 0) is 63.0 Å². The van der Waals surface area contributed by atoms with Crippen molar-refractivity contribution in [3.05, 3.63) is 45.2 Å². The number of nitrogens with one attached hydrogen (secondary N) is 1. The largest absolute Gasteiger partial charge is 0.454 e. The van der Waals surface area contributed by atoms with Gasteiger partial charge in [0.05, 0.1) is 11.5 Å². The lowest BCUT2D eigenvalue weighted by atomic mass is 9.71. The van der Waals surface area contributed by atoms with Crippen molar-refractivity contribution in [2.75, 3.05) is 0 Å². The van der Waals surface area contributed by atoms with Crippen LogP contribution in [0.3, 0.4) is 0 Å². The van der Waals surface area contributed by atoms with Crippen molar-refractivity contribution < 1.29 is 14.1 Å². The molecule has 0 aliphatic heterocycles. The van der Waals surface area contributed by atoms with Gasteiger partial charge in [0.1, 0.15) is 17.1 Å². The van der Waals surface area contributed by atoms with Crippen LogP contribution >= 0.6 is 0 Å². The molecule has 0 aromatic carbocycles. The van der Waals surface area contributed by atoms with Crippen molar-refractivity contribution in [3.63, 3.8) is 0 Å². The Hall–Kier alpha value is -2.64. The van der Waals surface area contributed by atoms with E-state index in [9.17, 15) is 14.9 Å². The second kappa shape index (κ2) is 8.00. The normalized spacial score (nSPS) is 19.9. The minimum Gasteiger partial charge on any atom is -0.454 e. The van der Waals surface area contributed by atoms with E-state index in [2.05, 4.69) is 31.2 Å². The number of carbonyl (C=O) groups is 1. The second-order valence-electron chi connectivity index (χ2n) is 9.09. The number of amides is 1. The molecule has 2 aromatic rings. The van der Waals surface area contributed by atoms with Crippen LogP contribution < -0.4 is 5.32 Å². The molecule has 0 spiro atoms. The SMILES string of the molecule is Cc1nn(Cc2ccc(C(=O)NC3CCC(C(C)(C)C)CC3)o2)c(C)c1[N+](=O)[O-]. The maximum Gasteiger partial charge on any atom is 0.312 e. The van der Waals surface area contributed by atoms with Crippen LogP contribution in [0.15, 0.2) is 16.5 Å². The molecular weight excluding hydrogens is 372 g/mol. The van der Waals surface area contributed by atoms with E-state index in [0.717, 1.165) is 25.7 Å². The topological polar surface area (TPSA) is 103 Å². The minimum absolute atomic E-state index is 0.0142. The number of hydrogen-bond acceptors (Lipinski definition) is 5. The average molecular weight is 402 g/mol. The van der Waals surface area contributed by atoms with Crippen molar-refractivity contribution >= 4 is 11.6 Å². The summed E-state index contributed by atoms with van der Waals surface area (Å²) >= 11 is 0. The highest BCUT2D eigenvalue weighted by molar-refractivity contribution is 5.91. The zero-order valence-corrected chi connectivity index (χ0v) is 17.8. The van der Waals surface area contributed by atoms with Gasteiger partial charge in [0.25, 0.3) is 5.91 Å². The first-order chi connectivity index (χ1) is 13.6.